The van der Waals surface area contributed by atoms with E-state index in [0.717, 1.165) is 11.8 Å². The van der Waals surface area contributed by atoms with Crippen LogP contribution in [-0.4, -0.2) is 69.7 Å². The number of amidine groups is 1. The first kappa shape index (κ1) is 26.0. The number of halogens is 1. The van der Waals surface area contributed by atoms with E-state index in [4.69, 9.17) is 5.73 Å². The lowest BCUT2D eigenvalue weighted by molar-refractivity contribution is -0.130. The topological polar surface area (TPSA) is 147 Å². The lowest BCUT2D eigenvalue weighted by Gasteiger charge is -2.42. The molecule has 1 aliphatic heterocycles. The van der Waals surface area contributed by atoms with Crippen molar-refractivity contribution in [1.29, 1.82) is 5.26 Å². The molecule has 3 N–H and O–H groups in total. The quantitative estimate of drug-likeness (QED) is 0.123. The molecule has 194 valence electrons. The van der Waals surface area contributed by atoms with Crippen LogP contribution in [0.25, 0.3) is 10.9 Å². The number of hydrazone groups is 1. The molecule has 0 radical (unpaired) electrons. The predicted octanol–water partition coefficient (Wildman–Crippen LogP) is 2.59. The molecule has 0 spiro atoms. The summed E-state index contributed by atoms with van der Waals surface area (Å²) in [5.41, 5.74) is 6.29. The van der Waals surface area contributed by atoms with Crippen LogP contribution in [0.1, 0.15) is 29.3 Å². The Morgan fingerprint density at radius 3 is 2.79 bits per heavy atom. The highest BCUT2D eigenvalue weighted by atomic mass is 19.1. The van der Waals surface area contributed by atoms with Crippen molar-refractivity contribution in [2.75, 3.05) is 24.6 Å². The maximum Gasteiger partial charge on any atom is 0.295 e. The molecule has 1 atom stereocenters. The Morgan fingerprint density at radius 1 is 1.37 bits per heavy atom. The number of nitrogens with one attached hydrogen (secondary N) is 1. The van der Waals surface area contributed by atoms with Gasteiger partial charge in [-0.15, -0.1) is 0 Å². The SMILES string of the molecule is C=NN(/C=C\N)c1ncc(F)c2c(C(=O)C(=O)N3CCN(/C(=N/C#N)c4ccccc4)C[C@H]3CC)c[nH]c12. The number of piperazine rings is 1. The third-order valence-corrected chi connectivity index (χ3v) is 6.38. The Morgan fingerprint density at radius 2 is 2.13 bits per heavy atom. The minimum absolute atomic E-state index is 0.0772. The number of amides is 1. The van der Waals surface area contributed by atoms with Gasteiger partial charge in [0.1, 0.15) is 5.84 Å². The second-order valence-corrected chi connectivity index (χ2v) is 8.45. The molecule has 12 heteroatoms. The number of anilines is 1. The molecule has 4 rings (SSSR count). The van der Waals surface area contributed by atoms with Crippen molar-refractivity contribution in [3.8, 4) is 6.19 Å². The van der Waals surface area contributed by atoms with Crippen molar-refractivity contribution >= 4 is 41.0 Å². The Bertz CT molecular complexity index is 1460. The zero-order chi connectivity index (χ0) is 27.2. The van der Waals surface area contributed by atoms with Crippen molar-refractivity contribution in [2.45, 2.75) is 19.4 Å². The monoisotopic (exact) mass is 515 g/mol. The Balaban J connectivity index is 1.61. The lowest BCUT2D eigenvalue weighted by Crippen LogP contribution is -2.57. The van der Waals surface area contributed by atoms with E-state index >= 15 is 0 Å². The number of hydrogen-bond donors (Lipinski definition) is 2. The van der Waals surface area contributed by atoms with Crippen molar-refractivity contribution in [3.05, 3.63) is 72.1 Å². The minimum atomic E-state index is -0.847. The van der Waals surface area contributed by atoms with Gasteiger partial charge < -0.3 is 20.5 Å². The number of ketones is 1. The number of Topliss-reactive ketones (excluding diaryl/α,β-unsaturated/α-hetero) is 1. The molecule has 11 nitrogen and oxygen atoms in total. The van der Waals surface area contributed by atoms with Crippen molar-refractivity contribution in [1.82, 2.24) is 19.8 Å². The number of fused-ring (bicyclic) bond motifs is 1. The summed E-state index contributed by atoms with van der Waals surface area (Å²) in [7, 11) is 0. The molecule has 2 aromatic heterocycles. The molecule has 0 unspecified atom stereocenters. The number of nitrogens with two attached hydrogens (primary N) is 1. The standard InChI is InChI=1S/C26H26FN9O2/c1-3-18-15-34(24(33-16-29)17-7-5-4-6-8-17)11-12-35(18)26(38)23(37)19-13-31-22-21(19)20(27)14-32-25(22)36(30-2)10-9-28/h4-10,13-14,18,31H,2-3,11-12,15,28H2,1H3/b10-9-,33-24+/t18-/m1/s1. The first-order chi connectivity index (χ1) is 18.4. The van der Waals surface area contributed by atoms with E-state index in [9.17, 15) is 19.2 Å². The van der Waals surface area contributed by atoms with Crippen molar-refractivity contribution in [2.24, 2.45) is 15.8 Å². The van der Waals surface area contributed by atoms with Gasteiger partial charge in [0.25, 0.3) is 11.7 Å². The number of benzene rings is 1. The zero-order valence-electron chi connectivity index (χ0n) is 20.7. The number of aromatic nitrogens is 2. The highest BCUT2D eigenvalue weighted by Crippen LogP contribution is 2.30. The predicted molar refractivity (Wildman–Crippen MR) is 142 cm³/mol. The third kappa shape index (κ3) is 4.81. The first-order valence-electron chi connectivity index (χ1n) is 11.9. The van der Waals surface area contributed by atoms with Gasteiger partial charge in [0, 0.05) is 56.6 Å². The Hall–Kier alpha value is -5.05. The van der Waals surface area contributed by atoms with E-state index in [1.54, 1.807) is 0 Å². The molecule has 0 saturated carbocycles. The molecule has 3 heterocycles. The van der Waals surface area contributed by atoms with Gasteiger partial charge in [-0.1, -0.05) is 37.3 Å². The highest BCUT2D eigenvalue weighted by molar-refractivity contribution is 6.45. The smallest absolute Gasteiger partial charge is 0.295 e. The van der Waals surface area contributed by atoms with Crippen LogP contribution in [-0.2, 0) is 4.79 Å². The molecular weight excluding hydrogens is 489 g/mol. The van der Waals surface area contributed by atoms with Gasteiger partial charge in [-0.3, -0.25) is 9.59 Å². The van der Waals surface area contributed by atoms with Gasteiger partial charge in [0.15, 0.2) is 11.6 Å². The molecule has 1 amide bonds. The van der Waals surface area contributed by atoms with Gasteiger partial charge in [-0.25, -0.2) is 14.4 Å². The first-order valence-corrected chi connectivity index (χ1v) is 11.9. The summed E-state index contributed by atoms with van der Waals surface area (Å²) in [6, 6.07) is 8.98. The summed E-state index contributed by atoms with van der Waals surface area (Å²) in [4.78, 5) is 41.1. The number of hydrogen-bond acceptors (Lipinski definition) is 8. The summed E-state index contributed by atoms with van der Waals surface area (Å²) in [5.74, 6) is -1.68. The summed E-state index contributed by atoms with van der Waals surface area (Å²) in [6.45, 7) is 6.34. The van der Waals surface area contributed by atoms with Crippen LogP contribution >= 0.6 is 0 Å². The molecular formula is C26H26FN9O2. The molecule has 38 heavy (non-hydrogen) atoms. The van der Waals surface area contributed by atoms with E-state index in [1.807, 2.05) is 48.3 Å². The fraction of sp³-hybridized carbons (Fsp3) is 0.231. The Labute approximate surface area is 218 Å². The van der Waals surface area contributed by atoms with Crippen LogP contribution in [0.5, 0.6) is 0 Å². The fourth-order valence-electron chi connectivity index (χ4n) is 4.58. The number of aliphatic imine (C=N–C) groups is 1. The lowest BCUT2D eigenvalue weighted by atomic mass is 10.0. The summed E-state index contributed by atoms with van der Waals surface area (Å²) >= 11 is 0. The average molecular weight is 516 g/mol. The van der Waals surface area contributed by atoms with E-state index in [-0.39, 0.29) is 34.9 Å². The van der Waals surface area contributed by atoms with Crippen LogP contribution in [0, 0.1) is 17.3 Å². The van der Waals surface area contributed by atoms with Crippen LogP contribution in [0.4, 0.5) is 10.2 Å². The molecule has 0 aliphatic carbocycles. The number of carbonyl (C=O) groups is 2. The molecule has 3 aromatic rings. The fourth-order valence-corrected chi connectivity index (χ4v) is 4.58. The number of aromatic amines is 1. The normalized spacial score (nSPS) is 16.0. The molecule has 1 fully saturated rings. The third-order valence-electron chi connectivity index (χ3n) is 6.38. The molecule has 1 aliphatic rings. The van der Waals surface area contributed by atoms with Gasteiger partial charge in [0.05, 0.1) is 22.7 Å². The molecule has 1 saturated heterocycles. The van der Waals surface area contributed by atoms with E-state index in [0.29, 0.717) is 25.3 Å². The number of H-pyrrole nitrogens is 1. The number of pyridine rings is 1. The van der Waals surface area contributed by atoms with Gasteiger partial charge in [-0.2, -0.15) is 15.4 Å². The Kier molecular flexibility index (Phi) is 7.77. The zero-order valence-corrected chi connectivity index (χ0v) is 20.7. The largest absolute Gasteiger partial charge is 0.403 e. The number of nitriles is 1. The van der Waals surface area contributed by atoms with Crippen molar-refractivity contribution < 1.29 is 14.0 Å². The second kappa shape index (κ2) is 11.3. The highest BCUT2D eigenvalue weighted by Gasteiger charge is 2.35. The van der Waals surface area contributed by atoms with Crippen molar-refractivity contribution in [3.63, 3.8) is 0 Å². The number of nitrogens with zero attached hydrogens (tertiary/aromatic N) is 7. The minimum Gasteiger partial charge on any atom is -0.403 e. The van der Waals surface area contributed by atoms with Crippen LogP contribution in [0.2, 0.25) is 0 Å². The summed E-state index contributed by atoms with van der Waals surface area (Å²) in [6.07, 6.45) is 7.23. The van der Waals surface area contributed by atoms with Crippen LogP contribution < -0.4 is 10.7 Å². The van der Waals surface area contributed by atoms with E-state index in [1.165, 1.54) is 28.5 Å². The molecule has 0 bridgehead atoms. The number of rotatable bonds is 7. The molecule has 1 aromatic carbocycles. The van der Waals surface area contributed by atoms with Crippen LogP contribution in [0.3, 0.4) is 0 Å². The average Bonchev–Trinajstić information content (AvgIpc) is 3.40. The summed E-state index contributed by atoms with van der Waals surface area (Å²) < 4.78 is 14.9. The van der Waals surface area contributed by atoms with Gasteiger partial charge in [-0.05, 0) is 6.42 Å². The summed E-state index contributed by atoms with van der Waals surface area (Å²) in [5, 5.41) is 14.2. The maximum atomic E-state index is 14.9. The van der Waals surface area contributed by atoms with Gasteiger partial charge >= 0.3 is 0 Å². The van der Waals surface area contributed by atoms with E-state index < -0.39 is 17.5 Å². The maximum absolute atomic E-state index is 14.9. The van der Waals surface area contributed by atoms with E-state index in [2.05, 4.69) is 26.8 Å². The second-order valence-electron chi connectivity index (χ2n) is 8.45. The van der Waals surface area contributed by atoms with Crippen LogP contribution in [0.15, 0.2) is 65.2 Å². The van der Waals surface area contributed by atoms with Gasteiger partial charge in [0.2, 0.25) is 6.19 Å². The number of carbonyl (C=O) groups excluding carboxylic acids is 2.